The zero-order valence-electron chi connectivity index (χ0n) is 16.6. The second kappa shape index (κ2) is 10.5. The highest BCUT2D eigenvalue weighted by molar-refractivity contribution is 5.81. The van der Waals surface area contributed by atoms with Crippen LogP contribution >= 0.6 is 0 Å². The van der Waals surface area contributed by atoms with Crippen molar-refractivity contribution in [1.29, 1.82) is 0 Å². The normalized spacial score (nSPS) is 14.0. The number of rotatable bonds is 11. The van der Waals surface area contributed by atoms with Gasteiger partial charge in [-0.1, -0.05) is 6.07 Å². The van der Waals surface area contributed by atoms with Crippen molar-refractivity contribution in [2.75, 3.05) is 27.9 Å². The second-order valence-corrected chi connectivity index (χ2v) is 6.68. The van der Waals surface area contributed by atoms with Gasteiger partial charge in [0.1, 0.15) is 0 Å². The van der Waals surface area contributed by atoms with Crippen LogP contribution in [0.25, 0.3) is 0 Å². The zero-order chi connectivity index (χ0) is 20.5. The largest absolute Gasteiger partial charge is 0.493 e. The average Bonchev–Trinajstić information content (AvgIpc) is 3.55. The Hall–Kier alpha value is -2.77. The van der Waals surface area contributed by atoms with Crippen LogP contribution in [0.4, 0.5) is 0 Å². The lowest BCUT2D eigenvalue weighted by atomic mass is 10.0. The zero-order valence-corrected chi connectivity index (χ0v) is 16.6. The van der Waals surface area contributed by atoms with E-state index in [1.807, 2.05) is 0 Å². The first-order valence-corrected chi connectivity index (χ1v) is 9.34. The average molecular weight is 392 g/mol. The molecule has 0 saturated heterocycles. The molecule has 1 fully saturated rings. The number of hydrogen-bond donors (Lipinski definition) is 2. The number of carbonyl (C=O) groups is 3. The maximum absolute atomic E-state index is 12.3. The van der Waals surface area contributed by atoms with Crippen molar-refractivity contribution in [3.05, 3.63) is 23.8 Å². The molecule has 154 valence electrons. The predicted octanol–water partition coefficient (Wildman–Crippen LogP) is 1.73. The van der Waals surface area contributed by atoms with Gasteiger partial charge in [0.05, 0.1) is 33.8 Å². The third-order valence-electron chi connectivity index (χ3n) is 4.57. The van der Waals surface area contributed by atoms with Gasteiger partial charge in [-0.25, -0.2) is 0 Å². The van der Waals surface area contributed by atoms with Crippen molar-refractivity contribution in [2.24, 2.45) is 5.92 Å². The number of methoxy groups -OCH3 is 3. The number of esters is 1. The molecule has 1 saturated carbocycles. The molecule has 2 amide bonds. The van der Waals surface area contributed by atoms with E-state index in [-0.39, 0.29) is 30.6 Å². The second-order valence-electron chi connectivity index (χ2n) is 6.68. The van der Waals surface area contributed by atoms with Crippen LogP contribution in [0.5, 0.6) is 11.5 Å². The molecular formula is C20H28N2O6. The van der Waals surface area contributed by atoms with E-state index in [1.165, 1.54) is 21.3 Å². The highest BCUT2D eigenvalue weighted by Crippen LogP contribution is 2.31. The Balaban J connectivity index is 1.94. The molecule has 28 heavy (non-hydrogen) atoms. The SMILES string of the molecule is COC(=O)CC(NC(=O)CCCNC(=O)C1CC1)c1ccc(OC)c(OC)c1. The van der Waals surface area contributed by atoms with Crippen molar-refractivity contribution in [2.45, 2.75) is 38.1 Å². The summed E-state index contributed by atoms with van der Waals surface area (Å²) < 4.78 is 15.3. The Morgan fingerprint density at radius 2 is 1.82 bits per heavy atom. The standard InChI is InChI=1S/C20H28N2O6/c1-26-16-9-8-14(11-17(16)27-2)15(12-19(24)28-3)22-18(23)5-4-10-21-20(25)13-6-7-13/h8-9,11,13,15H,4-7,10,12H2,1-3H3,(H,21,25)(H,22,23). The first-order chi connectivity index (χ1) is 13.5. The lowest BCUT2D eigenvalue weighted by molar-refractivity contribution is -0.141. The number of ether oxygens (including phenoxy) is 3. The summed E-state index contributed by atoms with van der Waals surface area (Å²) >= 11 is 0. The van der Waals surface area contributed by atoms with Crippen LogP contribution in [0.1, 0.15) is 43.7 Å². The first kappa shape index (κ1) is 21.5. The molecule has 1 aromatic rings. The van der Waals surface area contributed by atoms with E-state index in [1.54, 1.807) is 18.2 Å². The molecule has 1 aromatic carbocycles. The van der Waals surface area contributed by atoms with Gasteiger partial charge in [-0.2, -0.15) is 0 Å². The van der Waals surface area contributed by atoms with Crippen LogP contribution in [0.3, 0.4) is 0 Å². The minimum Gasteiger partial charge on any atom is -0.493 e. The fourth-order valence-corrected chi connectivity index (χ4v) is 2.79. The van der Waals surface area contributed by atoms with Gasteiger partial charge >= 0.3 is 5.97 Å². The molecule has 8 nitrogen and oxygen atoms in total. The highest BCUT2D eigenvalue weighted by atomic mass is 16.5. The maximum Gasteiger partial charge on any atom is 0.307 e. The van der Waals surface area contributed by atoms with Gasteiger partial charge in [0, 0.05) is 18.9 Å². The summed E-state index contributed by atoms with van der Waals surface area (Å²) in [5.41, 5.74) is 0.707. The summed E-state index contributed by atoms with van der Waals surface area (Å²) in [4.78, 5) is 35.7. The fourth-order valence-electron chi connectivity index (χ4n) is 2.79. The van der Waals surface area contributed by atoms with Crippen LogP contribution in [0.15, 0.2) is 18.2 Å². The van der Waals surface area contributed by atoms with Gasteiger partial charge in [0.25, 0.3) is 0 Å². The van der Waals surface area contributed by atoms with Gasteiger partial charge < -0.3 is 24.8 Å². The molecule has 0 spiro atoms. The van der Waals surface area contributed by atoms with Gasteiger partial charge in [-0.15, -0.1) is 0 Å². The molecule has 8 heteroatoms. The van der Waals surface area contributed by atoms with Gasteiger partial charge in [-0.3, -0.25) is 14.4 Å². The van der Waals surface area contributed by atoms with E-state index in [4.69, 9.17) is 14.2 Å². The minimum absolute atomic E-state index is 0.00383. The third kappa shape index (κ3) is 6.44. The van der Waals surface area contributed by atoms with Crippen molar-refractivity contribution in [3.63, 3.8) is 0 Å². The molecule has 0 radical (unpaired) electrons. The van der Waals surface area contributed by atoms with Crippen LogP contribution in [-0.2, 0) is 19.1 Å². The minimum atomic E-state index is -0.555. The Morgan fingerprint density at radius 3 is 2.43 bits per heavy atom. The number of benzene rings is 1. The molecule has 2 N–H and O–H groups in total. The van der Waals surface area contributed by atoms with Gasteiger partial charge in [0.2, 0.25) is 11.8 Å². The van der Waals surface area contributed by atoms with E-state index in [2.05, 4.69) is 10.6 Å². The molecule has 0 heterocycles. The van der Waals surface area contributed by atoms with Crippen LogP contribution in [-0.4, -0.2) is 45.7 Å². The molecule has 2 rings (SSSR count). The Bertz CT molecular complexity index is 702. The molecule has 0 aliphatic heterocycles. The molecule has 1 aliphatic rings. The topological polar surface area (TPSA) is 103 Å². The van der Waals surface area contributed by atoms with E-state index in [0.29, 0.717) is 30.0 Å². The third-order valence-corrected chi connectivity index (χ3v) is 4.57. The Kier molecular flexibility index (Phi) is 8.10. The van der Waals surface area contributed by atoms with Crippen LogP contribution in [0.2, 0.25) is 0 Å². The summed E-state index contributed by atoms with van der Waals surface area (Å²) in [5, 5.41) is 5.69. The highest BCUT2D eigenvalue weighted by Gasteiger charge is 2.29. The lowest BCUT2D eigenvalue weighted by Crippen LogP contribution is -2.31. The lowest BCUT2D eigenvalue weighted by Gasteiger charge is -2.20. The molecule has 0 bridgehead atoms. The first-order valence-electron chi connectivity index (χ1n) is 9.34. The number of carbonyl (C=O) groups excluding carboxylic acids is 3. The van der Waals surface area contributed by atoms with Crippen LogP contribution in [0, 0.1) is 5.92 Å². The summed E-state index contributed by atoms with van der Waals surface area (Å²) in [5.74, 6) is 0.645. The smallest absolute Gasteiger partial charge is 0.307 e. The summed E-state index contributed by atoms with van der Waals surface area (Å²) in [6.45, 7) is 0.459. The van der Waals surface area contributed by atoms with Crippen LogP contribution < -0.4 is 20.1 Å². The Labute approximate surface area is 164 Å². The van der Waals surface area contributed by atoms with E-state index in [0.717, 1.165) is 12.8 Å². The van der Waals surface area contributed by atoms with Crippen molar-refractivity contribution >= 4 is 17.8 Å². The molecule has 0 aromatic heterocycles. The number of hydrogen-bond acceptors (Lipinski definition) is 6. The fraction of sp³-hybridized carbons (Fsp3) is 0.550. The van der Waals surface area contributed by atoms with Gasteiger partial charge in [-0.05, 0) is 37.0 Å². The molecule has 1 unspecified atom stereocenters. The van der Waals surface area contributed by atoms with Gasteiger partial charge in [0.15, 0.2) is 11.5 Å². The Morgan fingerprint density at radius 1 is 1.11 bits per heavy atom. The molecular weight excluding hydrogens is 364 g/mol. The quantitative estimate of drug-likeness (QED) is 0.439. The summed E-state index contributed by atoms with van der Waals surface area (Å²) in [6, 6.07) is 4.66. The van der Waals surface area contributed by atoms with Crippen molar-refractivity contribution < 1.29 is 28.6 Å². The monoisotopic (exact) mass is 392 g/mol. The predicted molar refractivity (Wildman–Crippen MR) is 102 cm³/mol. The molecule has 1 atom stereocenters. The number of amides is 2. The van der Waals surface area contributed by atoms with Crippen molar-refractivity contribution in [1.82, 2.24) is 10.6 Å². The maximum atomic E-state index is 12.3. The summed E-state index contributed by atoms with van der Waals surface area (Å²) in [7, 11) is 4.36. The van der Waals surface area contributed by atoms with E-state index in [9.17, 15) is 14.4 Å². The van der Waals surface area contributed by atoms with E-state index < -0.39 is 12.0 Å². The van der Waals surface area contributed by atoms with E-state index >= 15 is 0 Å². The number of nitrogens with one attached hydrogen (secondary N) is 2. The molecule has 1 aliphatic carbocycles. The summed E-state index contributed by atoms with van der Waals surface area (Å²) in [6.07, 6.45) is 2.67. The van der Waals surface area contributed by atoms with Crippen molar-refractivity contribution in [3.8, 4) is 11.5 Å².